The SMILES string of the molecule is COc1ccc(CNc2cc(N3CCC(C(=O)O)CC3)nc(C)n2)cc1. The van der Waals surface area contributed by atoms with Gasteiger partial charge in [0.2, 0.25) is 0 Å². The molecule has 0 bridgehead atoms. The number of hydrogen-bond donors (Lipinski definition) is 2. The van der Waals surface area contributed by atoms with Gasteiger partial charge in [-0.3, -0.25) is 4.79 Å². The molecule has 0 radical (unpaired) electrons. The number of aliphatic carboxylic acids is 1. The number of carboxylic acid groups (broad SMARTS) is 1. The fourth-order valence-corrected chi connectivity index (χ4v) is 3.10. The normalized spacial score (nSPS) is 14.9. The van der Waals surface area contributed by atoms with Crippen molar-refractivity contribution in [1.29, 1.82) is 0 Å². The van der Waals surface area contributed by atoms with Gasteiger partial charge in [-0.05, 0) is 37.5 Å². The first-order valence-corrected chi connectivity index (χ1v) is 8.75. The molecule has 1 aromatic carbocycles. The maximum absolute atomic E-state index is 11.1. The number of carboxylic acids is 1. The lowest BCUT2D eigenvalue weighted by Crippen LogP contribution is -2.36. The zero-order valence-electron chi connectivity index (χ0n) is 15.1. The van der Waals surface area contributed by atoms with Crippen LogP contribution in [0.3, 0.4) is 0 Å². The number of benzene rings is 1. The number of anilines is 2. The number of nitrogens with zero attached hydrogens (tertiary/aromatic N) is 3. The lowest BCUT2D eigenvalue weighted by Gasteiger charge is -2.31. The Morgan fingerprint density at radius 2 is 1.96 bits per heavy atom. The maximum atomic E-state index is 11.1. The van der Waals surface area contributed by atoms with Gasteiger partial charge < -0.3 is 20.1 Å². The van der Waals surface area contributed by atoms with Crippen LogP contribution in [0.2, 0.25) is 0 Å². The molecule has 1 saturated heterocycles. The summed E-state index contributed by atoms with van der Waals surface area (Å²) in [4.78, 5) is 22.2. The average Bonchev–Trinajstić information content (AvgIpc) is 2.66. The highest BCUT2D eigenvalue weighted by atomic mass is 16.5. The summed E-state index contributed by atoms with van der Waals surface area (Å²) in [6, 6.07) is 9.81. The number of hydrogen-bond acceptors (Lipinski definition) is 6. The second kappa shape index (κ2) is 8.03. The van der Waals surface area contributed by atoms with E-state index in [0.29, 0.717) is 38.3 Å². The molecule has 26 heavy (non-hydrogen) atoms. The molecule has 2 N–H and O–H groups in total. The summed E-state index contributed by atoms with van der Waals surface area (Å²) in [5, 5.41) is 12.5. The van der Waals surface area contributed by atoms with Crippen LogP contribution in [0.4, 0.5) is 11.6 Å². The lowest BCUT2D eigenvalue weighted by molar-refractivity contribution is -0.142. The van der Waals surface area contributed by atoms with E-state index in [0.717, 1.165) is 22.9 Å². The first kappa shape index (κ1) is 18.0. The second-order valence-corrected chi connectivity index (χ2v) is 6.46. The molecule has 7 heteroatoms. The van der Waals surface area contributed by atoms with E-state index in [9.17, 15) is 4.79 Å². The van der Waals surface area contributed by atoms with Gasteiger partial charge in [-0.15, -0.1) is 0 Å². The highest BCUT2D eigenvalue weighted by molar-refractivity contribution is 5.70. The van der Waals surface area contributed by atoms with Crippen LogP contribution in [0.25, 0.3) is 0 Å². The number of nitrogens with one attached hydrogen (secondary N) is 1. The first-order chi connectivity index (χ1) is 12.5. The van der Waals surface area contributed by atoms with Crippen molar-refractivity contribution in [2.75, 3.05) is 30.4 Å². The second-order valence-electron chi connectivity index (χ2n) is 6.46. The van der Waals surface area contributed by atoms with Crippen LogP contribution in [0.5, 0.6) is 5.75 Å². The highest BCUT2D eigenvalue weighted by Crippen LogP contribution is 2.24. The van der Waals surface area contributed by atoms with Gasteiger partial charge in [0.1, 0.15) is 23.2 Å². The molecular formula is C19H24N4O3. The van der Waals surface area contributed by atoms with Gasteiger partial charge in [0, 0.05) is 25.7 Å². The van der Waals surface area contributed by atoms with Crippen LogP contribution in [-0.4, -0.2) is 41.2 Å². The number of aromatic nitrogens is 2. The summed E-state index contributed by atoms with van der Waals surface area (Å²) in [5.41, 5.74) is 1.13. The van der Waals surface area contributed by atoms with E-state index >= 15 is 0 Å². The highest BCUT2D eigenvalue weighted by Gasteiger charge is 2.25. The van der Waals surface area contributed by atoms with Crippen molar-refractivity contribution in [2.24, 2.45) is 5.92 Å². The molecule has 1 fully saturated rings. The molecule has 1 aliphatic rings. The summed E-state index contributed by atoms with van der Waals surface area (Å²) in [5.74, 6) is 2.19. The van der Waals surface area contributed by atoms with E-state index < -0.39 is 5.97 Å². The number of methoxy groups -OCH3 is 1. The fraction of sp³-hybridized carbons (Fsp3) is 0.421. The van der Waals surface area contributed by atoms with E-state index in [1.165, 1.54) is 0 Å². The van der Waals surface area contributed by atoms with E-state index in [4.69, 9.17) is 9.84 Å². The number of rotatable bonds is 6. The molecule has 3 rings (SSSR count). The predicted octanol–water partition coefficient (Wildman–Crippen LogP) is 2.71. The monoisotopic (exact) mass is 356 g/mol. The molecule has 2 aromatic rings. The van der Waals surface area contributed by atoms with Crippen molar-refractivity contribution >= 4 is 17.6 Å². The minimum absolute atomic E-state index is 0.248. The topological polar surface area (TPSA) is 87.6 Å². The molecular weight excluding hydrogens is 332 g/mol. The summed E-state index contributed by atoms with van der Waals surface area (Å²) >= 11 is 0. The van der Waals surface area contributed by atoms with Crippen molar-refractivity contribution < 1.29 is 14.6 Å². The molecule has 1 aromatic heterocycles. The van der Waals surface area contributed by atoms with Crippen LogP contribution in [0.1, 0.15) is 24.2 Å². The van der Waals surface area contributed by atoms with Crippen LogP contribution >= 0.6 is 0 Å². The standard InChI is InChI=1S/C19H24N4O3/c1-13-21-17(20-12-14-3-5-16(26-2)6-4-14)11-18(22-13)23-9-7-15(8-10-23)19(24)25/h3-6,11,15H,7-10,12H2,1-2H3,(H,24,25)(H,20,21,22). The minimum atomic E-state index is -0.703. The van der Waals surface area contributed by atoms with Gasteiger partial charge in [-0.2, -0.15) is 0 Å². The average molecular weight is 356 g/mol. The first-order valence-electron chi connectivity index (χ1n) is 8.75. The van der Waals surface area contributed by atoms with E-state index in [1.54, 1.807) is 7.11 Å². The third-order valence-electron chi connectivity index (χ3n) is 4.63. The van der Waals surface area contributed by atoms with Crippen LogP contribution in [0.15, 0.2) is 30.3 Å². The molecule has 0 amide bonds. The van der Waals surface area contributed by atoms with E-state index in [2.05, 4.69) is 20.2 Å². The Morgan fingerprint density at radius 3 is 2.58 bits per heavy atom. The van der Waals surface area contributed by atoms with Gasteiger partial charge in [-0.25, -0.2) is 9.97 Å². The molecule has 138 valence electrons. The van der Waals surface area contributed by atoms with Crippen LogP contribution < -0.4 is 15.0 Å². The zero-order valence-corrected chi connectivity index (χ0v) is 15.1. The van der Waals surface area contributed by atoms with E-state index in [1.807, 2.05) is 37.3 Å². The molecule has 0 atom stereocenters. The fourth-order valence-electron chi connectivity index (χ4n) is 3.10. The van der Waals surface area contributed by atoms with Gasteiger partial charge >= 0.3 is 5.97 Å². The Kier molecular flexibility index (Phi) is 5.55. The Morgan fingerprint density at radius 1 is 1.27 bits per heavy atom. The number of piperidine rings is 1. The van der Waals surface area contributed by atoms with Crippen LogP contribution in [-0.2, 0) is 11.3 Å². The van der Waals surface area contributed by atoms with E-state index in [-0.39, 0.29) is 5.92 Å². The van der Waals surface area contributed by atoms with Crippen molar-refractivity contribution in [3.63, 3.8) is 0 Å². The molecule has 0 aliphatic carbocycles. The zero-order chi connectivity index (χ0) is 18.5. The summed E-state index contributed by atoms with van der Waals surface area (Å²) in [7, 11) is 1.65. The molecule has 1 aliphatic heterocycles. The van der Waals surface area contributed by atoms with Gasteiger partial charge in [-0.1, -0.05) is 12.1 Å². The molecule has 2 heterocycles. The number of carbonyl (C=O) groups is 1. The Labute approximate surface area is 153 Å². The third-order valence-corrected chi connectivity index (χ3v) is 4.63. The molecule has 0 unspecified atom stereocenters. The smallest absolute Gasteiger partial charge is 0.306 e. The third kappa shape index (κ3) is 4.41. The molecule has 0 saturated carbocycles. The van der Waals surface area contributed by atoms with Gasteiger partial charge in [0.05, 0.1) is 13.0 Å². The largest absolute Gasteiger partial charge is 0.497 e. The Hall–Kier alpha value is -2.83. The van der Waals surface area contributed by atoms with Crippen molar-refractivity contribution in [3.8, 4) is 5.75 Å². The van der Waals surface area contributed by atoms with Gasteiger partial charge in [0.25, 0.3) is 0 Å². The summed E-state index contributed by atoms with van der Waals surface area (Å²) in [6.07, 6.45) is 1.29. The summed E-state index contributed by atoms with van der Waals surface area (Å²) in [6.45, 7) is 3.92. The number of aryl methyl sites for hydroxylation is 1. The van der Waals surface area contributed by atoms with Crippen molar-refractivity contribution in [2.45, 2.75) is 26.3 Å². The maximum Gasteiger partial charge on any atom is 0.306 e. The van der Waals surface area contributed by atoms with Crippen molar-refractivity contribution in [1.82, 2.24) is 9.97 Å². The Balaban J connectivity index is 1.64. The predicted molar refractivity (Wildman–Crippen MR) is 99.7 cm³/mol. The quantitative estimate of drug-likeness (QED) is 0.823. The minimum Gasteiger partial charge on any atom is -0.497 e. The lowest BCUT2D eigenvalue weighted by atomic mass is 9.97. The van der Waals surface area contributed by atoms with Gasteiger partial charge in [0.15, 0.2) is 0 Å². The molecule has 7 nitrogen and oxygen atoms in total. The Bertz CT molecular complexity index is 756. The number of ether oxygens (including phenoxy) is 1. The summed E-state index contributed by atoms with van der Waals surface area (Å²) < 4.78 is 5.17. The van der Waals surface area contributed by atoms with Crippen LogP contribution in [0, 0.1) is 12.8 Å². The molecule has 0 spiro atoms. The van der Waals surface area contributed by atoms with Crippen molar-refractivity contribution in [3.05, 3.63) is 41.7 Å².